The molecule has 0 saturated carbocycles. The summed E-state index contributed by atoms with van der Waals surface area (Å²) in [6.45, 7) is 5.56. The summed E-state index contributed by atoms with van der Waals surface area (Å²) in [6.07, 6.45) is 1.72. The number of carbonyl (C=O) groups is 1. The molecule has 2 unspecified atom stereocenters. The number of nitrogens with one attached hydrogen (secondary N) is 1. The molecule has 12 heavy (non-hydrogen) atoms. The van der Waals surface area contributed by atoms with Crippen LogP contribution in [-0.2, 0) is 4.79 Å². The third-order valence-corrected chi connectivity index (χ3v) is 1.96. The molecular formula is C8H13Br2NO. The van der Waals surface area contributed by atoms with E-state index in [1.54, 1.807) is 13.1 Å². The normalized spacial score (nSPS) is 16.9. The summed E-state index contributed by atoms with van der Waals surface area (Å²) in [5.41, 5.74) is 0.727. The lowest BCUT2D eigenvalue weighted by Crippen LogP contribution is -2.17. The number of ketones is 1. The molecule has 2 atom stereocenters. The van der Waals surface area contributed by atoms with Crippen molar-refractivity contribution in [1.29, 1.82) is 0 Å². The van der Waals surface area contributed by atoms with Gasteiger partial charge >= 0.3 is 0 Å². The van der Waals surface area contributed by atoms with Gasteiger partial charge in [0.2, 0.25) is 0 Å². The zero-order chi connectivity index (χ0) is 9.72. The Hall–Kier alpha value is 0.170. The highest BCUT2D eigenvalue weighted by molar-refractivity contribution is 9.10. The van der Waals surface area contributed by atoms with Gasteiger partial charge in [0.25, 0.3) is 0 Å². The Morgan fingerprint density at radius 1 is 1.42 bits per heavy atom. The third kappa shape index (κ3) is 4.93. The Bertz CT molecular complexity index is 187. The molecule has 4 heteroatoms. The van der Waals surface area contributed by atoms with Crippen molar-refractivity contribution in [2.45, 2.75) is 30.5 Å². The average Bonchev–Trinajstić information content (AvgIpc) is 1.98. The first-order valence-electron chi connectivity index (χ1n) is 3.70. The Balaban J connectivity index is 4.09. The van der Waals surface area contributed by atoms with Gasteiger partial charge in [0.05, 0.1) is 9.78 Å². The number of Topliss-reactive ketones (excluding diaryl/α,β-unsaturated/α-hetero) is 1. The van der Waals surface area contributed by atoms with Gasteiger partial charge in [-0.3, -0.25) is 4.79 Å². The van der Waals surface area contributed by atoms with Gasteiger partial charge < -0.3 is 5.32 Å². The first-order valence-corrected chi connectivity index (χ1v) is 5.53. The van der Waals surface area contributed by atoms with E-state index in [1.807, 2.05) is 13.8 Å². The summed E-state index contributed by atoms with van der Waals surface area (Å²) in [7, 11) is 0. The number of hydrogen-bond donors (Lipinski definition) is 1. The number of halogens is 2. The van der Waals surface area contributed by atoms with Crippen molar-refractivity contribution in [2.24, 2.45) is 0 Å². The van der Waals surface area contributed by atoms with Gasteiger partial charge in [0, 0.05) is 11.8 Å². The van der Waals surface area contributed by atoms with Crippen LogP contribution in [0.5, 0.6) is 0 Å². The minimum absolute atomic E-state index is 0.107. The fourth-order valence-corrected chi connectivity index (χ4v) is 1.12. The molecule has 0 amide bonds. The largest absolute Gasteiger partial charge is 0.379 e. The lowest BCUT2D eigenvalue weighted by molar-refractivity contribution is -0.114. The number of rotatable bonds is 4. The fourth-order valence-electron chi connectivity index (χ4n) is 0.625. The highest BCUT2D eigenvalue weighted by Crippen LogP contribution is 2.06. The van der Waals surface area contributed by atoms with E-state index in [0.29, 0.717) is 0 Å². The zero-order valence-electron chi connectivity index (χ0n) is 7.40. The quantitative estimate of drug-likeness (QED) is 0.491. The maximum absolute atomic E-state index is 11.3. The Morgan fingerprint density at radius 2 is 1.92 bits per heavy atom. The van der Waals surface area contributed by atoms with Gasteiger partial charge in [-0.05, 0) is 20.8 Å². The highest BCUT2D eigenvalue weighted by Gasteiger charge is 2.10. The smallest absolute Gasteiger partial charge is 0.173 e. The van der Waals surface area contributed by atoms with Crippen molar-refractivity contribution in [3.05, 3.63) is 11.8 Å². The monoisotopic (exact) mass is 297 g/mol. The maximum Gasteiger partial charge on any atom is 0.173 e. The van der Waals surface area contributed by atoms with Gasteiger partial charge in [-0.25, -0.2) is 0 Å². The molecular weight excluding hydrogens is 286 g/mol. The first kappa shape index (κ1) is 12.2. The maximum atomic E-state index is 11.3. The second kappa shape index (κ2) is 5.75. The summed E-state index contributed by atoms with van der Waals surface area (Å²) in [4.78, 5) is 11.4. The van der Waals surface area contributed by atoms with Gasteiger partial charge in [-0.2, -0.15) is 0 Å². The van der Waals surface area contributed by atoms with Crippen molar-refractivity contribution in [3.8, 4) is 0 Å². The SMILES string of the molecule is C/C(=C\NC(C)Br)C(=O)C(C)Br. The summed E-state index contributed by atoms with van der Waals surface area (Å²) in [5.74, 6) is 0.107. The first-order chi connectivity index (χ1) is 5.45. The summed E-state index contributed by atoms with van der Waals surface area (Å²) < 4.78 is 0. The van der Waals surface area contributed by atoms with E-state index in [0.717, 1.165) is 5.57 Å². The Labute approximate surface area is 90.1 Å². The predicted molar refractivity (Wildman–Crippen MR) is 58.7 cm³/mol. The molecule has 0 aliphatic carbocycles. The van der Waals surface area contributed by atoms with Gasteiger partial charge in [-0.15, -0.1) is 0 Å². The minimum atomic E-state index is -0.110. The fraction of sp³-hybridized carbons (Fsp3) is 0.625. The van der Waals surface area contributed by atoms with Crippen molar-refractivity contribution >= 4 is 37.6 Å². The van der Waals surface area contributed by atoms with Crippen LogP contribution >= 0.6 is 31.9 Å². The minimum Gasteiger partial charge on any atom is -0.379 e. The summed E-state index contributed by atoms with van der Waals surface area (Å²) in [5, 5.41) is 2.99. The molecule has 0 aliphatic rings. The van der Waals surface area contributed by atoms with Crippen molar-refractivity contribution in [3.63, 3.8) is 0 Å². The van der Waals surface area contributed by atoms with Crippen LogP contribution in [-0.4, -0.2) is 15.6 Å². The van der Waals surface area contributed by atoms with E-state index >= 15 is 0 Å². The highest BCUT2D eigenvalue weighted by atomic mass is 79.9. The van der Waals surface area contributed by atoms with Crippen molar-refractivity contribution < 1.29 is 4.79 Å². The molecule has 0 aromatic heterocycles. The molecule has 0 radical (unpaired) electrons. The second-order valence-corrected chi connectivity index (χ2v) is 5.34. The topological polar surface area (TPSA) is 29.1 Å². The van der Waals surface area contributed by atoms with Crippen LogP contribution in [0.3, 0.4) is 0 Å². The van der Waals surface area contributed by atoms with E-state index in [-0.39, 0.29) is 15.6 Å². The molecule has 0 aliphatic heterocycles. The molecule has 0 heterocycles. The molecule has 70 valence electrons. The Morgan fingerprint density at radius 3 is 2.25 bits per heavy atom. The number of hydrogen-bond acceptors (Lipinski definition) is 2. The van der Waals surface area contributed by atoms with Gasteiger partial charge in [0.15, 0.2) is 5.78 Å². The average molecular weight is 299 g/mol. The van der Waals surface area contributed by atoms with Crippen LogP contribution in [0.2, 0.25) is 0 Å². The number of allylic oxidation sites excluding steroid dienone is 1. The van der Waals surface area contributed by atoms with Gasteiger partial charge in [-0.1, -0.05) is 31.9 Å². The van der Waals surface area contributed by atoms with Crippen LogP contribution < -0.4 is 5.32 Å². The second-order valence-electron chi connectivity index (χ2n) is 2.59. The third-order valence-electron chi connectivity index (χ3n) is 1.28. The zero-order valence-corrected chi connectivity index (χ0v) is 10.6. The van der Waals surface area contributed by atoms with E-state index in [9.17, 15) is 4.79 Å². The standard InChI is InChI=1S/C8H13Br2NO/c1-5(4-11-7(3)10)8(12)6(2)9/h4,6-7,11H,1-3H3/b5-4+. The van der Waals surface area contributed by atoms with Crippen molar-refractivity contribution in [2.75, 3.05) is 0 Å². The Kier molecular flexibility index (Phi) is 5.84. The molecule has 0 rings (SSSR count). The predicted octanol–water partition coefficient (Wildman–Crippen LogP) is 2.57. The van der Waals surface area contributed by atoms with Crippen molar-refractivity contribution in [1.82, 2.24) is 5.32 Å². The van der Waals surface area contributed by atoms with E-state index < -0.39 is 0 Å². The molecule has 0 aromatic rings. The lowest BCUT2D eigenvalue weighted by Gasteiger charge is -2.05. The molecule has 0 fully saturated rings. The molecule has 2 nitrogen and oxygen atoms in total. The molecule has 0 aromatic carbocycles. The molecule has 1 N–H and O–H groups in total. The lowest BCUT2D eigenvalue weighted by atomic mass is 10.2. The van der Waals surface area contributed by atoms with Crippen LogP contribution in [0.1, 0.15) is 20.8 Å². The van der Waals surface area contributed by atoms with E-state index in [2.05, 4.69) is 37.2 Å². The number of alkyl halides is 2. The van der Waals surface area contributed by atoms with Crippen LogP contribution in [0, 0.1) is 0 Å². The molecule has 0 saturated heterocycles. The number of carbonyl (C=O) groups excluding carboxylic acids is 1. The van der Waals surface area contributed by atoms with Crippen LogP contribution in [0.25, 0.3) is 0 Å². The van der Waals surface area contributed by atoms with Crippen LogP contribution in [0.4, 0.5) is 0 Å². The summed E-state index contributed by atoms with van der Waals surface area (Å²) >= 11 is 6.53. The van der Waals surface area contributed by atoms with E-state index in [4.69, 9.17) is 0 Å². The molecule has 0 bridgehead atoms. The summed E-state index contributed by atoms with van der Waals surface area (Å²) in [6, 6.07) is 0. The van der Waals surface area contributed by atoms with Crippen LogP contribution in [0.15, 0.2) is 11.8 Å². The van der Waals surface area contributed by atoms with Gasteiger partial charge in [0.1, 0.15) is 0 Å². The van der Waals surface area contributed by atoms with E-state index in [1.165, 1.54) is 0 Å². The molecule has 0 spiro atoms.